The molecule has 3 aliphatic heterocycles. The van der Waals surface area contributed by atoms with E-state index >= 15 is 0 Å². The standard InChI is InChI=1S/C26H32N6O3/c1-17(31-11-7-9-19(31)14-28)21(29-25(34)35-26(2,3)4)16-30-15-20-12-23(30)24(33)32(20)22-10-6-5-8-18(22)13-27/h5-6,8,10,19-21,23H,1,7,9,11-12,15-16H2,2-4H3,(H,29,34)/t19?,20-,21?,23?/m0/s1. The second-order valence-electron chi connectivity index (χ2n) is 10.4. The predicted octanol–water partition coefficient (Wildman–Crippen LogP) is 2.74. The number of nitriles is 2. The zero-order valence-electron chi connectivity index (χ0n) is 20.5. The summed E-state index contributed by atoms with van der Waals surface area (Å²) >= 11 is 0. The zero-order chi connectivity index (χ0) is 25.3. The van der Waals surface area contributed by atoms with Crippen molar-refractivity contribution in [1.82, 2.24) is 15.1 Å². The smallest absolute Gasteiger partial charge is 0.408 e. The van der Waals surface area contributed by atoms with Gasteiger partial charge in [-0.25, -0.2) is 4.79 Å². The fraction of sp³-hybridized carbons (Fsp3) is 0.538. The minimum absolute atomic E-state index is 0.0401. The van der Waals surface area contributed by atoms with Crippen LogP contribution in [0.3, 0.4) is 0 Å². The molecule has 4 atom stereocenters. The van der Waals surface area contributed by atoms with Crippen LogP contribution in [0.25, 0.3) is 0 Å². The number of hydrogen-bond donors (Lipinski definition) is 1. The molecule has 0 saturated carbocycles. The van der Waals surface area contributed by atoms with Crippen molar-refractivity contribution < 1.29 is 14.3 Å². The highest BCUT2D eigenvalue weighted by atomic mass is 16.6. The van der Waals surface area contributed by atoms with Crippen molar-refractivity contribution in [2.24, 2.45) is 0 Å². The van der Waals surface area contributed by atoms with E-state index in [0.29, 0.717) is 43.0 Å². The van der Waals surface area contributed by atoms with Gasteiger partial charge in [-0.3, -0.25) is 9.69 Å². The molecule has 184 valence electrons. The van der Waals surface area contributed by atoms with Crippen molar-refractivity contribution in [2.45, 2.75) is 69.8 Å². The average Bonchev–Trinajstić information content (AvgIpc) is 3.51. The quantitative estimate of drug-likeness (QED) is 0.672. The molecule has 3 heterocycles. The molecule has 1 aromatic rings. The summed E-state index contributed by atoms with van der Waals surface area (Å²) in [5, 5.41) is 22.0. The molecule has 2 bridgehead atoms. The van der Waals surface area contributed by atoms with Gasteiger partial charge in [0, 0.05) is 25.3 Å². The van der Waals surface area contributed by atoms with Gasteiger partial charge in [0.1, 0.15) is 17.7 Å². The fourth-order valence-corrected chi connectivity index (χ4v) is 5.32. The van der Waals surface area contributed by atoms with E-state index in [0.717, 1.165) is 12.8 Å². The van der Waals surface area contributed by atoms with Gasteiger partial charge in [0.15, 0.2) is 0 Å². The van der Waals surface area contributed by atoms with Crippen LogP contribution in [-0.4, -0.2) is 71.2 Å². The Balaban J connectivity index is 1.51. The van der Waals surface area contributed by atoms with Crippen molar-refractivity contribution in [2.75, 3.05) is 24.5 Å². The molecule has 0 aliphatic carbocycles. The molecule has 3 aliphatic rings. The highest BCUT2D eigenvalue weighted by Crippen LogP contribution is 2.37. The van der Waals surface area contributed by atoms with E-state index in [9.17, 15) is 20.1 Å². The van der Waals surface area contributed by atoms with Crippen molar-refractivity contribution in [3.8, 4) is 12.1 Å². The zero-order valence-corrected chi connectivity index (χ0v) is 20.5. The summed E-state index contributed by atoms with van der Waals surface area (Å²) in [6.07, 6.45) is 1.75. The molecule has 1 aromatic carbocycles. The molecule has 3 saturated heterocycles. The number of piperazine rings is 1. The maximum atomic E-state index is 13.3. The number of nitrogens with zero attached hydrogens (tertiary/aromatic N) is 5. The first kappa shape index (κ1) is 24.6. The van der Waals surface area contributed by atoms with E-state index in [1.807, 2.05) is 17.0 Å². The largest absolute Gasteiger partial charge is 0.444 e. The molecule has 1 N–H and O–H groups in total. The van der Waals surface area contributed by atoms with Gasteiger partial charge in [-0.2, -0.15) is 10.5 Å². The summed E-state index contributed by atoms with van der Waals surface area (Å²) in [6, 6.07) is 10.5. The normalized spacial score (nSPS) is 24.7. The van der Waals surface area contributed by atoms with Crippen molar-refractivity contribution in [1.29, 1.82) is 10.5 Å². The fourth-order valence-electron chi connectivity index (χ4n) is 5.32. The molecule has 0 spiro atoms. The molecular weight excluding hydrogens is 444 g/mol. The molecule has 9 heteroatoms. The Morgan fingerprint density at radius 1 is 1.31 bits per heavy atom. The first-order chi connectivity index (χ1) is 16.6. The van der Waals surface area contributed by atoms with Gasteiger partial charge in [-0.1, -0.05) is 18.7 Å². The van der Waals surface area contributed by atoms with Gasteiger partial charge in [0.05, 0.1) is 35.4 Å². The Labute approximate surface area is 206 Å². The van der Waals surface area contributed by atoms with E-state index in [4.69, 9.17) is 4.74 Å². The maximum Gasteiger partial charge on any atom is 0.408 e. The molecule has 2 amide bonds. The van der Waals surface area contributed by atoms with E-state index < -0.39 is 17.7 Å². The van der Waals surface area contributed by atoms with Crippen molar-refractivity contribution in [3.05, 3.63) is 42.1 Å². The average molecular weight is 477 g/mol. The number of carbonyl (C=O) groups excluding carboxylic acids is 2. The number of anilines is 1. The van der Waals surface area contributed by atoms with Gasteiger partial charge in [0.2, 0.25) is 5.91 Å². The van der Waals surface area contributed by atoms with Crippen LogP contribution in [0.1, 0.15) is 45.6 Å². The van der Waals surface area contributed by atoms with Crippen LogP contribution in [0.5, 0.6) is 0 Å². The first-order valence-electron chi connectivity index (χ1n) is 12.0. The van der Waals surface area contributed by atoms with E-state index in [-0.39, 0.29) is 24.0 Å². The summed E-state index contributed by atoms with van der Waals surface area (Å²) in [6.45, 7) is 11.3. The number of hydrogen-bond acceptors (Lipinski definition) is 7. The topological polar surface area (TPSA) is 113 Å². The number of ether oxygens (including phenoxy) is 1. The number of likely N-dealkylation sites (tertiary alicyclic amines) is 2. The molecule has 3 fully saturated rings. The monoisotopic (exact) mass is 476 g/mol. The van der Waals surface area contributed by atoms with Crippen LogP contribution in [-0.2, 0) is 9.53 Å². The van der Waals surface area contributed by atoms with E-state index in [1.54, 1.807) is 37.8 Å². The van der Waals surface area contributed by atoms with Crippen molar-refractivity contribution in [3.63, 3.8) is 0 Å². The van der Waals surface area contributed by atoms with Crippen LogP contribution in [0, 0.1) is 22.7 Å². The lowest BCUT2D eigenvalue weighted by Gasteiger charge is -2.38. The minimum Gasteiger partial charge on any atom is -0.444 e. The van der Waals surface area contributed by atoms with Gasteiger partial charge in [-0.05, 0) is 52.2 Å². The van der Waals surface area contributed by atoms with Crippen LogP contribution >= 0.6 is 0 Å². The Bertz CT molecular complexity index is 1100. The van der Waals surface area contributed by atoms with Crippen LogP contribution < -0.4 is 10.2 Å². The number of benzene rings is 1. The third-order valence-electron chi connectivity index (χ3n) is 6.83. The van der Waals surface area contributed by atoms with Gasteiger partial charge < -0.3 is 19.9 Å². The second kappa shape index (κ2) is 9.59. The molecule has 4 rings (SSSR count). The third kappa shape index (κ3) is 4.96. The lowest BCUT2D eigenvalue weighted by molar-refractivity contribution is -0.122. The second-order valence-corrected chi connectivity index (χ2v) is 10.4. The maximum absolute atomic E-state index is 13.3. The molecule has 35 heavy (non-hydrogen) atoms. The summed E-state index contributed by atoms with van der Waals surface area (Å²) in [4.78, 5) is 31.8. The molecule has 9 nitrogen and oxygen atoms in total. The van der Waals surface area contributed by atoms with E-state index in [1.165, 1.54) is 0 Å². The lowest BCUT2D eigenvalue weighted by atomic mass is 10.1. The van der Waals surface area contributed by atoms with Crippen molar-refractivity contribution >= 4 is 17.7 Å². The SMILES string of the molecule is C=C(C(CN1C[C@@H]2CC1C(=O)N2c1ccccc1C#N)NC(=O)OC(C)(C)C)N1CCCC1C#N. The first-order valence-corrected chi connectivity index (χ1v) is 12.0. The number of nitrogens with one attached hydrogen (secondary N) is 1. The molecular formula is C26H32N6O3. The number of carbonyl (C=O) groups is 2. The molecule has 3 unspecified atom stereocenters. The van der Waals surface area contributed by atoms with E-state index in [2.05, 4.69) is 28.9 Å². The van der Waals surface area contributed by atoms with Crippen LogP contribution in [0.2, 0.25) is 0 Å². The Morgan fingerprint density at radius 2 is 2.06 bits per heavy atom. The predicted molar refractivity (Wildman–Crippen MR) is 130 cm³/mol. The summed E-state index contributed by atoms with van der Waals surface area (Å²) in [5.41, 5.74) is 1.13. The third-order valence-corrected chi connectivity index (χ3v) is 6.83. The number of alkyl carbamates (subject to hydrolysis) is 1. The van der Waals surface area contributed by atoms with Gasteiger partial charge in [0.25, 0.3) is 0 Å². The molecule has 0 radical (unpaired) electrons. The minimum atomic E-state index is -0.657. The highest BCUT2D eigenvalue weighted by Gasteiger charge is 2.51. The number of rotatable bonds is 6. The lowest BCUT2D eigenvalue weighted by Crippen LogP contribution is -2.56. The van der Waals surface area contributed by atoms with Crippen LogP contribution in [0.4, 0.5) is 10.5 Å². The number of para-hydroxylation sites is 1. The van der Waals surface area contributed by atoms with Gasteiger partial charge >= 0.3 is 6.09 Å². The summed E-state index contributed by atoms with van der Waals surface area (Å²) in [5.74, 6) is -0.0401. The number of amides is 2. The summed E-state index contributed by atoms with van der Waals surface area (Å²) < 4.78 is 5.48. The van der Waals surface area contributed by atoms with Crippen LogP contribution in [0.15, 0.2) is 36.5 Å². The molecule has 0 aromatic heterocycles. The van der Waals surface area contributed by atoms with Gasteiger partial charge in [-0.15, -0.1) is 0 Å². The Morgan fingerprint density at radius 3 is 2.71 bits per heavy atom. The Hall–Kier alpha value is -3.56. The number of fused-ring (bicyclic) bond motifs is 2. The Kier molecular flexibility index (Phi) is 6.73. The summed E-state index contributed by atoms with van der Waals surface area (Å²) in [7, 11) is 0. The highest BCUT2D eigenvalue weighted by molar-refractivity contribution is 6.02.